The zero-order valence-corrected chi connectivity index (χ0v) is 11.3. The molecule has 0 aromatic carbocycles. The number of hydrogen-bond donors (Lipinski definition) is 1. The maximum Gasteiger partial charge on any atom is 0.410 e. The monoisotopic (exact) mass is 240 g/mol. The van der Waals surface area contributed by atoms with Crippen molar-refractivity contribution in [3.8, 4) is 0 Å². The number of piperazine rings is 1. The maximum atomic E-state index is 12.1. The number of nitrogens with one attached hydrogen (secondary N) is 1. The lowest BCUT2D eigenvalue weighted by molar-refractivity contribution is 0.00868. The van der Waals surface area contributed by atoms with Gasteiger partial charge in [-0.15, -0.1) is 0 Å². The van der Waals surface area contributed by atoms with E-state index in [2.05, 4.69) is 12.2 Å². The SMILES string of the molecule is C[C@@H]1CN[C@@H](C2CC2)CN1C(=O)OC(C)(C)C. The topological polar surface area (TPSA) is 41.6 Å². The van der Waals surface area contributed by atoms with Crippen LogP contribution in [0.2, 0.25) is 0 Å². The normalized spacial score (nSPS) is 30.2. The Morgan fingerprint density at radius 1 is 1.35 bits per heavy atom. The van der Waals surface area contributed by atoms with E-state index in [0.29, 0.717) is 6.04 Å². The Morgan fingerprint density at radius 3 is 2.53 bits per heavy atom. The zero-order chi connectivity index (χ0) is 12.6. The average Bonchev–Trinajstić information content (AvgIpc) is 2.99. The Balaban J connectivity index is 1.94. The summed E-state index contributed by atoms with van der Waals surface area (Å²) in [5.41, 5.74) is -0.406. The van der Waals surface area contributed by atoms with Crippen molar-refractivity contribution in [3.05, 3.63) is 0 Å². The van der Waals surface area contributed by atoms with Crippen LogP contribution < -0.4 is 5.32 Å². The molecule has 1 amide bonds. The number of amides is 1. The lowest BCUT2D eigenvalue weighted by atomic mass is 10.1. The highest BCUT2D eigenvalue weighted by molar-refractivity contribution is 5.68. The molecule has 1 saturated heterocycles. The third kappa shape index (κ3) is 3.35. The van der Waals surface area contributed by atoms with Crippen LogP contribution in [0, 0.1) is 5.92 Å². The summed E-state index contributed by atoms with van der Waals surface area (Å²) < 4.78 is 5.46. The molecule has 0 radical (unpaired) electrons. The summed E-state index contributed by atoms with van der Waals surface area (Å²) in [6.45, 7) is 9.48. The molecule has 2 aliphatic rings. The lowest BCUT2D eigenvalue weighted by Gasteiger charge is -2.39. The fourth-order valence-electron chi connectivity index (χ4n) is 2.28. The molecule has 1 saturated carbocycles. The van der Waals surface area contributed by atoms with Gasteiger partial charge in [0.2, 0.25) is 0 Å². The average molecular weight is 240 g/mol. The van der Waals surface area contributed by atoms with Gasteiger partial charge in [-0.1, -0.05) is 0 Å². The molecule has 0 aromatic rings. The van der Waals surface area contributed by atoms with Crippen molar-refractivity contribution < 1.29 is 9.53 Å². The van der Waals surface area contributed by atoms with Gasteiger partial charge in [-0.3, -0.25) is 0 Å². The predicted octanol–water partition coefficient (Wildman–Crippen LogP) is 1.99. The van der Waals surface area contributed by atoms with Gasteiger partial charge in [0.25, 0.3) is 0 Å². The molecule has 4 nitrogen and oxygen atoms in total. The van der Waals surface area contributed by atoms with Crippen molar-refractivity contribution in [2.75, 3.05) is 13.1 Å². The molecule has 2 atom stereocenters. The van der Waals surface area contributed by atoms with E-state index < -0.39 is 5.60 Å². The second kappa shape index (κ2) is 4.48. The van der Waals surface area contributed by atoms with E-state index in [1.165, 1.54) is 12.8 Å². The van der Waals surface area contributed by atoms with E-state index in [4.69, 9.17) is 4.74 Å². The van der Waals surface area contributed by atoms with Crippen LogP contribution in [0.25, 0.3) is 0 Å². The first-order valence-corrected chi connectivity index (χ1v) is 6.60. The van der Waals surface area contributed by atoms with E-state index in [1.54, 1.807) is 0 Å². The van der Waals surface area contributed by atoms with Crippen molar-refractivity contribution in [1.29, 1.82) is 0 Å². The van der Waals surface area contributed by atoms with E-state index in [-0.39, 0.29) is 12.1 Å². The Hall–Kier alpha value is -0.770. The van der Waals surface area contributed by atoms with Gasteiger partial charge in [0.1, 0.15) is 5.60 Å². The number of nitrogens with zero attached hydrogens (tertiary/aromatic N) is 1. The summed E-state index contributed by atoms with van der Waals surface area (Å²) in [4.78, 5) is 14.0. The molecule has 17 heavy (non-hydrogen) atoms. The van der Waals surface area contributed by atoms with Crippen molar-refractivity contribution >= 4 is 6.09 Å². The number of ether oxygens (including phenoxy) is 1. The zero-order valence-electron chi connectivity index (χ0n) is 11.3. The Morgan fingerprint density at radius 2 is 2.00 bits per heavy atom. The van der Waals surface area contributed by atoms with Gasteiger partial charge < -0.3 is 15.0 Å². The van der Waals surface area contributed by atoms with E-state index in [9.17, 15) is 4.79 Å². The van der Waals surface area contributed by atoms with Gasteiger partial charge in [0.05, 0.1) is 0 Å². The molecule has 4 heteroatoms. The summed E-state index contributed by atoms with van der Waals surface area (Å²) in [7, 11) is 0. The summed E-state index contributed by atoms with van der Waals surface area (Å²) >= 11 is 0. The number of rotatable bonds is 1. The Labute approximate surface area is 104 Å². The van der Waals surface area contributed by atoms with E-state index in [0.717, 1.165) is 19.0 Å². The number of carbonyl (C=O) groups is 1. The van der Waals surface area contributed by atoms with E-state index in [1.807, 2.05) is 25.7 Å². The van der Waals surface area contributed by atoms with Gasteiger partial charge in [-0.25, -0.2) is 4.79 Å². The summed E-state index contributed by atoms with van der Waals surface area (Å²) in [5.74, 6) is 0.771. The number of carbonyl (C=O) groups excluding carboxylic acids is 1. The standard InChI is InChI=1S/C13H24N2O2/c1-9-7-14-11(10-5-6-10)8-15(9)12(16)17-13(2,3)4/h9-11,14H,5-8H2,1-4H3/t9-,11-/m1/s1. The summed E-state index contributed by atoms with van der Waals surface area (Å²) in [5, 5.41) is 3.53. The van der Waals surface area contributed by atoms with Gasteiger partial charge in [-0.2, -0.15) is 0 Å². The van der Waals surface area contributed by atoms with Gasteiger partial charge >= 0.3 is 6.09 Å². The molecule has 0 bridgehead atoms. The molecule has 1 heterocycles. The van der Waals surface area contributed by atoms with Crippen LogP contribution in [0.5, 0.6) is 0 Å². The highest BCUT2D eigenvalue weighted by Gasteiger charge is 2.38. The largest absolute Gasteiger partial charge is 0.444 e. The molecule has 98 valence electrons. The minimum atomic E-state index is -0.406. The van der Waals surface area contributed by atoms with Crippen LogP contribution in [0.3, 0.4) is 0 Å². The molecular weight excluding hydrogens is 216 g/mol. The van der Waals surface area contributed by atoms with Crippen LogP contribution >= 0.6 is 0 Å². The van der Waals surface area contributed by atoms with Crippen molar-refractivity contribution in [2.24, 2.45) is 5.92 Å². The van der Waals surface area contributed by atoms with Crippen molar-refractivity contribution in [2.45, 2.75) is 58.2 Å². The Bertz CT molecular complexity index is 294. The van der Waals surface area contributed by atoms with E-state index >= 15 is 0 Å². The third-order valence-electron chi connectivity index (χ3n) is 3.42. The maximum absolute atomic E-state index is 12.1. The first kappa shape index (κ1) is 12.7. The molecular formula is C13H24N2O2. The fraction of sp³-hybridized carbons (Fsp3) is 0.923. The number of hydrogen-bond acceptors (Lipinski definition) is 3. The predicted molar refractivity (Wildman–Crippen MR) is 66.9 cm³/mol. The molecule has 2 fully saturated rings. The molecule has 1 aliphatic carbocycles. The molecule has 0 aromatic heterocycles. The van der Waals surface area contributed by atoms with Gasteiger partial charge in [0, 0.05) is 25.2 Å². The van der Waals surface area contributed by atoms with Crippen LogP contribution in [-0.4, -0.2) is 41.8 Å². The first-order chi connectivity index (χ1) is 7.87. The first-order valence-electron chi connectivity index (χ1n) is 6.60. The van der Waals surface area contributed by atoms with Crippen LogP contribution in [0.1, 0.15) is 40.5 Å². The summed E-state index contributed by atoms with van der Waals surface area (Å²) in [6, 6.07) is 0.693. The minimum absolute atomic E-state index is 0.169. The lowest BCUT2D eigenvalue weighted by Crippen LogP contribution is -2.58. The van der Waals surface area contributed by atoms with Crippen LogP contribution in [-0.2, 0) is 4.74 Å². The molecule has 2 rings (SSSR count). The fourth-order valence-corrected chi connectivity index (χ4v) is 2.28. The molecule has 1 N–H and O–H groups in total. The highest BCUT2D eigenvalue weighted by atomic mass is 16.6. The third-order valence-corrected chi connectivity index (χ3v) is 3.42. The second-order valence-electron chi connectivity index (χ2n) is 6.33. The molecule has 0 spiro atoms. The highest BCUT2D eigenvalue weighted by Crippen LogP contribution is 2.34. The minimum Gasteiger partial charge on any atom is -0.444 e. The van der Waals surface area contributed by atoms with Gasteiger partial charge in [0.15, 0.2) is 0 Å². The second-order valence-corrected chi connectivity index (χ2v) is 6.33. The molecule has 0 unspecified atom stereocenters. The Kier molecular flexibility index (Phi) is 3.34. The summed E-state index contributed by atoms with van der Waals surface area (Å²) in [6.07, 6.45) is 2.43. The van der Waals surface area contributed by atoms with Gasteiger partial charge in [-0.05, 0) is 46.5 Å². The van der Waals surface area contributed by atoms with Crippen LogP contribution in [0.15, 0.2) is 0 Å². The molecule has 1 aliphatic heterocycles. The quantitative estimate of drug-likeness (QED) is 0.762. The smallest absolute Gasteiger partial charge is 0.410 e. The van der Waals surface area contributed by atoms with Crippen molar-refractivity contribution in [1.82, 2.24) is 10.2 Å². The van der Waals surface area contributed by atoms with Crippen molar-refractivity contribution in [3.63, 3.8) is 0 Å². The van der Waals surface area contributed by atoms with Crippen LogP contribution in [0.4, 0.5) is 4.79 Å².